The Morgan fingerprint density at radius 3 is 2.40 bits per heavy atom. The van der Waals surface area contributed by atoms with Gasteiger partial charge in [-0.2, -0.15) is 0 Å². The Morgan fingerprint density at radius 1 is 1.00 bits per heavy atom. The number of anilines is 2. The third kappa shape index (κ3) is 5.93. The quantitative estimate of drug-likeness (QED) is 0.396. The van der Waals surface area contributed by atoms with E-state index in [4.69, 9.17) is 9.73 Å². The monoisotopic (exact) mass is 472 g/mol. The van der Waals surface area contributed by atoms with Gasteiger partial charge in [0.2, 0.25) is 0 Å². The Kier molecular flexibility index (Phi) is 7.55. The van der Waals surface area contributed by atoms with Gasteiger partial charge in [-0.15, -0.1) is 0 Å². The number of hydrogen-bond acceptors (Lipinski definition) is 4. The molecule has 3 aromatic carbocycles. The second-order valence-corrected chi connectivity index (χ2v) is 8.69. The Bertz CT molecular complexity index is 1200. The molecule has 0 saturated carbocycles. The van der Waals surface area contributed by atoms with Gasteiger partial charge >= 0.3 is 5.97 Å². The maximum Gasteiger partial charge on any atom is 0.335 e. The van der Waals surface area contributed by atoms with Gasteiger partial charge in [0.1, 0.15) is 5.75 Å². The molecule has 0 aliphatic carbocycles. The zero-order valence-electron chi connectivity index (χ0n) is 20.5. The van der Waals surface area contributed by atoms with Crippen LogP contribution >= 0.6 is 0 Å². The molecule has 0 bridgehead atoms. The molecule has 1 saturated heterocycles. The van der Waals surface area contributed by atoms with Crippen molar-refractivity contribution in [2.75, 3.05) is 43.5 Å². The molecular formula is C28H32N4O3. The maximum absolute atomic E-state index is 11.2. The first-order chi connectivity index (χ1) is 16.9. The summed E-state index contributed by atoms with van der Waals surface area (Å²) in [7, 11) is 1.66. The van der Waals surface area contributed by atoms with E-state index in [1.165, 1.54) is 16.8 Å². The third-order valence-electron chi connectivity index (χ3n) is 6.43. The van der Waals surface area contributed by atoms with Crippen LogP contribution in [0.15, 0.2) is 71.7 Å². The number of nitrogens with one attached hydrogen (secondary N) is 1. The number of aromatic carboxylic acids is 1. The Morgan fingerprint density at radius 2 is 1.71 bits per heavy atom. The zero-order valence-corrected chi connectivity index (χ0v) is 20.5. The second-order valence-electron chi connectivity index (χ2n) is 8.69. The van der Waals surface area contributed by atoms with E-state index in [1.54, 1.807) is 31.4 Å². The first-order valence-corrected chi connectivity index (χ1v) is 11.8. The van der Waals surface area contributed by atoms with Crippen molar-refractivity contribution >= 4 is 23.3 Å². The lowest BCUT2D eigenvalue weighted by Gasteiger charge is -2.38. The number of guanidine groups is 1. The number of aryl methyl sites for hydroxylation is 1. The van der Waals surface area contributed by atoms with E-state index < -0.39 is 5.97 Å². The van der Waals surface area contributed by atoms with E-state index in [0.717, 1.165) is 49.1 Å². The largest absolute Gasteiger partial charge is 0.497 e. The normalized spacial score (nSPS) is 14.1. The van der Waals surface area contributed by atoms with Gasteiger partial charge in [0, 0.05) is 37.6 Å². The van der Waals surface area contributed by atoms with Gasteiger partial charge in [0.15, 0.2) is 5.96 Å². The molecule has 7 heteroatoms. The van der Waals surface area contributed by atoms with Gasteiger partial charge in [0.25, 0.3) is 0 Å². The number of methoxy groups -OCH3 is 1. The molecular weight excluding hydrogens is 440 g/mol. The molecule has 2 N–H and O–H groups in total. The van der Waals surface area contributed by atoms with Crippen molar-refractivity contribution in [2.45, 2.75) is 20.4 Å². The molecule has 1 fully saturated rings. The maximum atomic E-state index is 11.2. The number of nitrogens with zero attached hydrogens (tertiary/aromatic N) is 3. The molecule has 3 aromatic rings. The topological polar surface area (TPSA) is 77.4 Å². The molecule has 0 spiro atoms. The standard InChI is InChI=1S/C28H32N4O3/c1-20-6-4-9-26(21(20)2)31-14-16-32(17-15-31)28(29-19-22-7-5-8-25(18-22)35-3)30-24-12-10-23(11-13-24)27(33)34/h4-13,18H,14-17,19H2,1-3H3,(H,29,30)(H,33,34). The summed E-state index contributed by atoms with van der Waals surface area (Å²) in [6.07, 6.45) is 0. The molecule has 182 valence electrons. The molecule has 35 heavy (non-hydrogen) atoms. The van der Waals surface area contributed by atoms with Crippen molar-refractivity contribution in [3.63, 3.8) is 0 Å². The van der Waals surface area contributed by atoms with Crippen LogP contribution in [-0.4, -0.2) is 55.2 Å². The van der Waals surface area contributed by atoms with E-state index in [2.05, 4.69) is 47.2 Å². The third-order valence-corrected chi connectivity index (χ3v) is 6.43. The highest BCUT2D eigenvalue weighted by atomic mass is 16.5. The Hall–Kier alpha value is -4.00. The molecule has 7 nitrogen and oxygen atoms in total. The summed E-state index contributed by atoms with van der Waals surface area (Å²) in [5.74, 6) is 0.640. The van der Waals surface area contributed by atoms with Gasteiger partial charge in [-0.05, 0) is 73.0 Å². The van der Waals surface area contributed by atoms with E-state index >= 15 is 0 Å². The van der Waals surface area contributed by atoms with Crippen LogP contribution in [-0.2, 0) is 6.54 Å². The predicted octanol–water partition coefficient (Wildman–Crippen LogP) is 4.80. The summed E-state index contributed by atoms with van der Waals surface area (Å²) in [5.41, 5.74) is 6.03. The fourth-order valence-electron chi connectivity index (χ4n) is 4.22. The van der Waals surface area contributed by atoms with Crippen molar-refractivity contribution < 1.29 is 14.6 Å². The van der Waals surface area contributed by atoms with Crippen LogP contribution in [0.25, 0.3) is 0 Å². The first kappa shape index (κ1) is 24.1. The molecule has 0 aromatic heterocycles. The van der Waals surface area contributed by atoms with Crippen LogP contribution < -0.4 is 15.0 Å². The average Bonchev–Trinajstić information content (AvgIpc) is 2.88. The Labute approximate surface area is 206 Å². The molecule has 0 unspecified atom stereocenters. The van der Waals surface area contributed by atoms with E-state index in [0.29, 0.717) is 6.54 Å². The van der Waals surface area contributed by atoms with Gasteiger partial charge in [0.05, 0.1) is 19.2 Å². The minimum Gasteiger partial charge on any atom is -0.497 e. The molecule has 1 heterocycles. The number of piperazine rings is 1. The van der Waals surface area contributed by atoms with Crippen LogP contribution in [0, 0.1) is 13.8 Å². The van der Waals surface area contributed by atoms with Crippen LogP contribution in [0.3, 0.4) is 0 Å². The number of carboxylic acids is 1. The number of hydrogen-bond donors (Lipinski definition) is 2. The SMILES string of the molecule is COc1cccc(CN=C(Nc2ccc(C(=O)O)cc2)N2CCN(c3cccc(C)c3C)CC2)c1. The van der Waals surface area contributed by atoms with Crippen molar-refractivity contribution in [1.29, 1.82) is 0 Å². The van der Waals surface area contributed by atoms with Gasteiger partial charge in [-0.3, -0.25) is 0 Å². The zero-order chi connectivity index (χ0) is 24.8. The lowest BCUT2D eigenvalue weighted by molar-refractivity contribution is 0.0697. The van der Waals surface area contributed by atoms with E-state index in [1.807, 2.05) is 24.3 Å². The molecule has 1 aliphatic heterocycles. The number of rotatable bonds is 6. The van der Waals surface area contributed by atoms with Crippen molar-refractivity contribution in [3.8, 4) is 5.75 Å². The summed E-state index contributed by atoms with van der Waals surface area (Å²) < 4.78 is 5.35. The number of aliphatic imine (C=N–C) groups is 1. The Balaban J connectivity index is 1.52. The number of ether oxygens (including phenoxy) is 1. The van der Waals surface area contributed by atoms with Crippen LogP contribution in [0.4, 0.5) is 11.4 Å². The van der Waals surface area contributed by atoms with Gasteiger partial charge < -0.3 is 25.0 Å². The number of carbonyl (C=O) groups is 1. The van der Waals surface area contributed by atoms with Gasteiger partial charge in [-0.1, -0.05) is 24.3 Å². The number of carboxylic acid groups (broad SMARTS) is 1. The summed E-state index contributed by atoms with van der Waals surface area (Å²) in [6, 6.07) is 21.1. The highest BCUT2D eigenvalue weighted by molar-refractivity contribution is 5.95. The van der Waals surface area contributed by atoms with Crippen molar-refractivity contribution in [3.05, 3.63) is 89.0 Å². The van der Waals surface area contributed by atoms with Crippen LogP contribution in [0.5, 0.6) is 5.75 Å². The van der Waals surface area contributed by atoms with E-state index in [9.17, 15) is 9.90 Å². The summed E-state index contributed by atoms with van der Waals surface area (Å²) >= 11 is 0. The molecule has 0 atom stereocenters. The smallest absolute Gasteiger partial charge is 0.335 e. The highest BCUT2D eigenvalue weighted by Gasteiger charge is 2.21. The molecule has 1 aliphatic rings. The summed E-state index contributed by atoms with van der Waals surface area (Å²) in [5, 5.41) is 12.6. The minimum atomic E-state index is -0.939. The fraction of sp³-hybridized carbons (Fsp3) is 0.286. The minimum absolute atomic E-state index is 0.257. The predicted molar refractivity (Wildman–Crippen MR) is 141 cm³/mol. The van der Waals surface area contributed by atoms with Gasteiger partial charge in [-0.25, -0.2) is 9.79 Å². The van der Waals surface area contributed by atoms with Crippen molar-refractivity contribution in [2.24, 2.45) is 4.99 Å². The lowest BCUT2D eigenvalue weighted by atomic mass is 10.1. The van der Waals surface area contributed by atoms with E-state index in [-0.39, 0.29) is 5.56 Å². The van der Waals surface area contributed by atoms with Crippen LogP contribution in [0.1, 0.15) is 27.0 Å². The first-order valence-electron chi connectivity index (χ1n) is 11.8. The summed E-state index contributed by atoms with van der Waals surface area (Å²) in [4.78, 5) is 20.8. The summed E-state index contributed by atoms with van der Waals surface area (Å²) in [6.45, 7) is 8.27. The molecule has 0 radical (unpaired) electrons. The van der Waals surface area contributed by atoms with Crippen molar-refractivity contribution in [1.82, 2.24) is 4.90 Å². The fourth-order valence-corrected chi connectivity index (χ4v) is 4.22. The number of benzene rings is 3. The molecule has 0 amide bonds. The lowest BCUT2D eigenvalue weighted by Crippen LogP contribution is -2.51. The molecule has 4 rings (SSSR count). The average molecular weight is 473 g/mol. The van der Waals surface area contributed by atoms with Crippen LogP contribution in [0.2, 0.25) is 0 Å². The second kappa shape index (κ2) is 11.0. The highest BCUT2D eigenvalue weighted by Crippen LogP contribution is 2.24.